The molecule has 0 aliphatic carbocycles. The maximum absolute atomic E-state index is 12.5. The van der Waals surface area contributed by atoms with Crippen molar-refractivity contribution in [3.05, 3.63) is 23.8 Å². The van der Waals surface area contributed by atoms with E-state index in [1.54, 1.807) is 12.1 Å². The summed E-state index contributed by atoms with van der Waals surface area (Å²) in [5, 5.41) is 12.9. The Morgan fingerprint density at radius 1 is 0.733 bits per heavy atom. The van der Waals surface area contributed by atoms with E-state index < -0.39 is 0 Å². The van der Waals surface area contributed by atoms with Crippen molar-refractivity contribution in [1.82, 2.24) is 0 Å². The number of hydrogen-bond donors (Lipinski definition) is 2. The molecule has 0 unspecified atom stereocenters. The number of phenols is 1. The number of nitrogens with one attached hydrogen (secondary N) is 1. The van der Waals surface area contributed by atoms with Crippen molar-refractivity contribution < 1.29 is 14.7 Å². The summed E-state index contributed by atoms with van der Waals surface area (Å²) in [6, 6.07) is 4.77. The van der Waals surface area contributed by atoms with Crippen LogP contribution in [-0.4, -0.2) is 16.8 Å². The molecule has 0 radical (unpaired) electrons. The zero-order valence-corrected chi connectivity index (χ0v) is 19.3. The molecule has 1 amide bonds. The molecule has 2 N–H and O–H groups in total. The molecule has 0 saturated heterocycles. The minimum atomic E-state index is -0.0516. The Labute approximate surface area is 183 Å². The average Bonchev–Trinajstić information content (AvgIpc) is 2.73. The van der Waals surface area contributed by atoms with Crippen LogP contribution in [-0.2, 0) is 4.79 Å². The number of anilines is 1. The van der Waals surface area contributed by atoms with Crippen LogP contribution < -0.4 is 5.32 Å². The number of rotatable bonds is 18. The van der Waals surface area contributed by atoms with Crippen molar-refractivity contribution in [2.75, 3.05) is 5.32 Å². The van der Waals surface area contributed by atoms with Crippen LogP contribution in [0.2, 0.25) is 0 Å². The van der Waals surface area contributed by atoms with Crippen molar-refractivity contribution in [2.24, 2.45) is 0 Å². The Morgan fingerprint density at radius 2 is 1.23 bits per heavy atom. The van der Waals surface area contributed by atoms with Gasteiger partial charge in [-0.25, -0.2) is 0 Å². The topological polar surface area (TPSA) is 66.4 Å². The summed E-state index contributed by atoms with van der Waals surface area (Å²) in [7, 11) is 0. The number of carbonyl (C=O) groups excluding carboxylic acids is 2. The van der Waals surface area contributed by atoms with E-state index in [2.05, 4.69) is 19.2 Å². The Balaban J connectivity index is 2.33. The lowest BCUT2D eigenvalue weighted by molar-refractivity contribution is -0.116. The molecule has 0 heterocycles. The normalized spacial score (nSPS) is 10.9. The predicted octanol–water partition coefficient (Wildman–Crippen LogP) is 7.79. The number of benzene rings is 1. The van der Waals surface area contributed by atoms with Crippen molar-refractivity contribution in [3.8, 4) is 5.75 Å². The molecular weight excluding hydrogens is 374 g/mol. The molecule has 0 aliphatic rings. The molecule has 0 spiro atoms. The summed E-state index contributed by atoms with van der Waals surface area (Å²) in [4.78, 5) is 24.7. The highest BCUT2D eigenvalue weighted by Crippen LogP contribution is 2.24. The number of phenolic OH excluding ortho intramolecular Hbond substituents is 1. The Kier molecular flexibility index (Phi) is 14.8. The van der Waals surface area contributed by atoms with Crippen LogP contribution >= 0.6 is 0 Å². The quantitative estimate of drug-likeness (QED) is 0.145. The lowest BCUT2D eigenvalue weighted by atomic mass is 10.0. The summed E-state index contributed by atoms with van der Waals surface area (Å²) in [6.07, 6.45) is 17.2. The van der Waals surface area contributed by atoms with Crippen molar-refractivity contribution in [2.45, 2.75) is 117 Å². The first-order valence-corrected chi connectivity index (χ1v) is 12.2. The van der Waals surface area contributed by atoms with E-state index in [0.717, 1.165) is 32.1 Å². The molecule has 1 rings (SSSR count). The fourth-order valence-corrected chi connectivity index (χ4v) is 3.68. The van der Waals surface area contributed by atoms with Crippen LogP contribution in [0, 0.1) is 0 Å². The molecule has 0 bridgehead atoms. The van der Waals surface area contributed by atoms with E-state index >= 15 is 0 Å². The van der Waals surface area contributed by atoms with Gasteiger partial charge in [0, 0.05) is 18.5 Å². The van der Waals surface area contributed by atoms with E-state index in [-0.39, 0.29) is 17.4 Å². The van der Waals surface area contributed by atoms with Crippen LogP contribution in [0.15, 0.2) is 18.2 Å². The zero-order valence-electron chi connectivity index (χ0n) is 19.3. The molecule has 0 aliphatic heterocycles. The van der Waals surface area contributed by atoms with Gasteiger partial charge in [0.25, 0.3) is 0 Å². The summed E-state index contributed by atoms with van der Waals surface area (Å²) >= 11 is 0. The average molecular weight is 418 g/mol. The smallest absolute Gasteiger partial charge is 0.224 e. The van der Waals surface area contributed by atoms with Gasteiger partial charge in [0.05, 0.1) is 5.56 Å². The number of aromatic hydroxyl groups is 1. The minimum absolute atomic E-state index is 0.00646. The minimum Gasteiger partial charge on any atom is -0.507 e. The highest BCUT2D eigenvalue weighted by atomic mass is 16.3. The van der Waals surface area contributed by atoms with Crippen LogP contribution in [0.25, 0.3) is 0 Å². The molecule has 0 aromatic heterocycles. The molecule has 0 fully saturated rings. The summed E-state index contributed by atoms with van der Waals surface area (Å²) in [5.74, 6) is -0.0861. The van der Waals surface area contributed by atoms with Crippen molar-refractivity contribution in [3.63, 3.8) is 0 Å². The van der Waals surface area contributed by atoms with Gasteiger partial charge >= 0.3 is 0 Å². The number of ketones is 1. The van der Waals surface area contributed by atoms with E-state index in [1.807, 2.05) is 0 Å². The molecule has 1 aromatic rings. The molecule has 4 nitrogen and oxygen atoms in total. The van der Waals surface area contributed by atoms with Crippen LogP contribution in [0.5, 0.6) is 5.75 Å². The molecule has 1 aromatic carbocycles. The second-order valence-electron chi connectivity index (χ2n) is 8.45. The summed E-state index contributed by atoms with van der Waals surface area (Å²) in [5.41, 5.74) is 0.901. The first kappa shape index (κ1) is 26.2. The first-order chi connectivity index (χ1) is 14.6. The Morgan fingerprint density at radius 3 is 1.80 bits per heavy atom. The van der Waals surface area contributed by atoms with E-state index in [0.29, 0.717) is 24.1 Å². The Hall–Kier alpha value is -1.84. The maximum atomic E-state index is 12.5. The molecule has 30 heavy (non-hydrogen) atoms. The van der Waals surface area contributed by atoms with Gasteiger partial charge in [0.15, 0.2) is 5.78 Å². The standard InChI is InChI=1S/C26H43NO3/c1-3-5-7-9-11-13-15-17-24(28)23-21-22(19-20-25(23)29)27-26(30)18-16-14-12-10-8-6-4-2/h19-21,29H,3-18H2,1-2H3,(H,27,30). The molecule has 0 saturated carbocycles. The number of unbranched alkanes of at least 4 members (excludes halogenated alkanes) is 12. The Bertz CT molecular complexity index is 612. The van der Waals surface area contributed by atoms with Crippen LogP contribution in [0.4, 0.5) is 5.69 Å². The van der Waals surface area contributed by atoms with E-state index in [1.165, 1.54) is 63.9 Å². The van der Waals surface area contributed by atoms with E-state index in [9.17, 15) is 14.7 Å². The number of hydrogen-bond acceptors (Lipinski definition) is 3. The van der Waals surface area contributed by atoms with Gasteiger partial charge in [-0.1, -0.05) is 90.9 Å². The third kappa shape index (κ3) is 12.0. The van der Waals surface area contributed by atoms with Gasteiger partial charge < -0.3 is 10.4 Å². The van der Waals surface area contributed by atoms with Crippen LogP contribution in [0.1, 0.15) is 127 Å². The van der Waals surface area contributed by atoms with Crippen molar-refractivity contribution in [1.29, 1.82) is 0 Å². The van der Waals surface area contributed by atoms with E-state index in [4.69, 9.17) is 0 Å². The lowest BCUT2D eigenvalue weighted by Crippen LogP contribution is -2.11. The largest absolute Gasteiger partial charge is 0.507 e. The summed E-state index contributed by atoms with van der Waals surface area (Å²) in [6.45, 7) is 4.42. The van der Waals surface area contributed by atoms with Crippen molar-refractivity contribution >= 4 is 17.4 Å². The molecule has 4 heteroatoms. The monoisotopic (exact) mass is 417 g/mol. The third-order valence-corrected chi connectivity index (χ3v) is 5.60. The number of amides is 1. The number of Topliss-reactive ketones (excluding diaryl/α,β-unsaturated/α-hetero) is 1. The fraction of sp³-hybridized carbons (Fsp3) is 0.692. The second-order valence-corrected chi connectivity index (χ2v) is 8.45. The van der Waals surface area contributed by atoms with Gasteiger partial charge in [0.2, 0.25) is 5.91 Å². The highest BCUT2D eigenvalue weighted by molar-refractivity contribution is 6.00. The number of carbonyl (C=O) groups is 2. The second kappa shape index (κ2) is 16.9. The van der Waals surface area contributed by atoms with Crippen LogP contribution in [0.3, 0.4) is 0 Å². The fourth-order valence-electron chi connectivity index (χ4n) is 3.68. The SMILES string of the molecule is CCCCCCCCCC(=O)Nc1ccc(O)c(C(=O)CCCCCCCCC)c1. The third-order valence-electron chi connectivity index (χ3n) is 5.60. The maximum Gasteiger partial charge on any atom is 0.224 e. The van der Waals surface area contributed by atoms with Gasteiger partial charge in [-0.3, -0.25) is 9.59 Å². The molecule has 170 valence electrons. The first-order valence-electron chi connectivity index (χ1n) is 12.2. The van der Waals surface area contributed by atoms with Gasteiger partial charge in [0.1, 0.15) is 5.75 Å². The zero-order chi connectivity index (χ0) is 22.0. The molecular formula is C26H43NO3. The highest BCUT2D eigenvalue weighted by Gasteiger charge is 2.13. The van der Waals surface area contributed by atoms with Gasteiger partial charge in [-0.05, 0) is 31.0 Å². The predicted molar refractivity (Wildman–Crippen MR) is 126 cm³/mol. The molecule has 0 atom stereocenters. The van der Waals surface area contributed by atoms with Gasteiger partial charge in [-0.15, -0.1) is 0 Å². The summed E-state index contributed by atoms with van der Waals surface area (Å²) < 4.78 is 0. The lowest BCUT2D eigenvalue weighted by Gasteiger charge is -2.09. The van der Waals surface area contributed by atoms with Gasteiger partial charge in [-0.2, -0.15) is 0 Å².